The summed E-state index contributed by atoms with van der Waals surface area (Å²) < 4.78 is 41.6. The summed E-state index contributed by atoms with van der Waals surface area (Å²) in [6.45, 7) is 2.92. The number of carboxylic acid groups (broad SMARTS) is 1. The molecule has 0 aliphatic rings. The number of halogens is 3. The minimum Gasteiger partial charge on any atom is -0.474 e. The Bertz CT molecular complexity index is 381. The number of rotatable bonds is 2. The highest BCUT2D eigenvalue weighted by atomic mass is 19.4. The summed E-state index contributed by atoms with van der Waals surface area (Å²) in [5.74, 6) is -3.60. The lowest BCUT2D eigenvalue weighted by molar-refractivity contribution is -0.142. The lowest BCUT2D eigenvalue weighted by atomic mass is 10.1. The Balaban J connectivity index is 3.30. The number of nitrogens with zero attached hydrogens (tertiary/aromatic N) is 1. The number of oxazole rings is 1. The van der Waals surface area contributed by atoms with Crippen LogP contribution in [0, 0.1) is 0 Å². The van der Waals surface area contributed by atoms with E-state index in [4.69, 9.17) is 5.11 Å². The van der Waals surface area contributed by atoms with Gasteiger partial charge >= 0.3 is 18.0 Å². The van der Waals surface area contributed by atoms with Crippen molar-refractivity contribution in [3.8, 4) is 0 Å². The van der Waals surface area contributed by atoms with Crippen molar-refractivity contribution in [2.75, 3.05) is 0 Å². The number of carboxylic acids is 1. The molecule has 7 heteroatoms. The van der Waals surface area contributed by atoms with Crippen LogP contribution in [0.1, 0.15) is 41.9 Å². The fraction of sp³-hybridized carbons (Fsp3) is 0.500. The molecule has 0 saturated heterocycles. The van der Waals surface area contributed by atoms with Gasteiger partial charge in [-0.15, -0.1) is 0 Å². The van der Waals surface area contributed by atoms with E-state index >= 15 is 0 Å². The van der Waals surface area contributed by atoms with Crippen LogP contribution in [0.4, 0.5) is 13.2 Å². The molecule has 0 atom stereocenters. The highest BCUT2D eigenvalue weighted by Crippen LogP contribution is 2.34. The second kappa shape index (κ2) is 3.56. The summed E-state index contributed by atoms with van der Waals surface area (Å²) >= 11 is 0. The first kappa shape index (κ1) is 11.5. The van der Waals surface area contributed by atoms with Crippen molar-refractivity contribution in [1.29, 1.82) is 0 Å². The van der Waals surface area contributed by atoms with E-state index in [1.807, 2.05) is 0 Å². The molecule has 0 fully saturated rings. The maximum Gasteiger partial charge on any atom is 0.436 e. The summed E-state index contributed by atoms with van der Waals surface area (Å²) in [7, 11) is 0. The molecule has 1 aromatic heterocycles. The largest absolute Gasteiger partial charge is 0.474 e. The summed E-state index contributed by atoms with van der Waals surface area (Å²) in [5, 5.41) is 8.45. The molecule has 0 spiro atoms. The maximum atomic E-state index is 12.4. The van der Waals surface area contributed by atoms with Crippen molar-refractivity contribution < 1.29 is 27.5 Å². The SMILES string of the molecule is CC(C)c1oc(C(=O)O)nc1C(F)(F)F. The second-order valence-corrected chi connectivity index (χ2v) is 3.19. The lowest BCUT2D eigenvalue weighted by Gasteiger charge is -2.06. The maximum absolute atomic E-state index is 12.4. The van der Waals surface area contributed by atoms with Crippen molar-refractivity contribution in [3.63, 3.8) is 0 Å². The summed E-state index contributed by atoms with van der Waals surface area (Å²) in [6, 6.07) is 0. The van der Waals surface area contributed by atoms with Gasteiger partial charge in [0, 0.05) is 5.92 Å². The molecule has 0 aliphatic carbocycles. The van der Waals surface area contributed by atoms with Gasteiger partial charge in [-0.2, -0.15) is 18.2 Å². The summed E-state index contributed by atoms with van der Waals surface area (Å²) in [4.78, 5) is 13.3. The zero-order chi connectivity index (χ0) is 11.8. The fourth-order valence-electron chi connectivity index (χ4n) is 1.02. The summed E-state index contributed by atoms with van der Waals surface area (Å²) in [5.41, 5.74) is -1.27. The van der Waals surface area contributed by atoms with E-state index < -0.39 is 35.4 Å². The Morgan fingerprint density at radius 1 is 1.47 bits per heavy atom. The topological polar surface area (TPSA) is 63.3 Å². The van der Waals surface area contributed by atoms with Crippen molar-refractivity contribution in [1.82, 2.24) is 4.98 Å². The van der Waals surface area contributed by atoms with E-state index in [2.05, 4.69) is 9.40 Å². The van der Waals surface area contributed by atoms with Crippen LogP contribution >= 0.6 is 0 Å². The minimum absolute atomic E-state index is 0.458. The number of aromatic nitrogens is 1. The first-order chi connectivity index (χ1) is 6.73. The number of alkyl halides is 3. The Morgan fingerprint density at radius 2 is 2.00 bits per heavy atom. The van der Waals surface area contributed by atoms with E-state index in [9.17, 15) is 18.0 Å². The molecule has 0 aromatic carbocycles. The highest BCUT2D eigenvalue weighted by molar-refractivity contribution is 5.82. The van der Waals surface area contributed by atoms with Crippen LogP contribution in [0.5, 0.6) is 0 Å². The molecule has 0 amide bonds. The second-order valence-electron chi connectivity index (χ2n) is 3.19. The van der Waals surface area contributed by atoms with Gasteiger partial charge in [-0.05, 0) is 0 Å². The lowest BCUT2D eigenvalue weighted by Crippen LogP contribution is -2.10. The Kier molecular flexibility index (Phi) is 2.74. The van der Waals surface area contributed by atoms with E-state index in [1.54, 1.807) is 0 Å². The zero-order valence-electron chi connectivity index (χ0n) is 7.92. The van der Waals surface area contributed by atoms with Crippen molar-refractivity contribution in [2.45, 2.75) is 25.9 Å². The Labute approximate surface area is 82.7 Å². The van der Waals surface area contributed by atoms with E-state index in [0.717, 1.165) is 0 Å². The molecule has 0 bridgehead atoms. The average Bonchev–Trinajstić information content (AvgIpc) is 2.45. The van der Waals surface area contributed by atoms with Crippen LogP contribution < -0.4 is 0 Å². The van der Waals surface area contributed by atoms with Crippen LogP contribution in [0.15, 0.2) is 4.42 Å². The number of carbonyl (C=O) groups is 1. The van der Waals surface area contributed by atoms with Gasteiger partial charge in [-0.25, -0.2) is 4.79 Å². The van der Waals surface area contributed by atoms with Gasteiger partial charge < -0.3 is 9.52 Å². The first-order valence-electron chi connectivity index (χ1n) is 4.04. The molecule has 4 nitrogen and oxygen atoms in total. The van der Waals surface area contributed by atoms with Gasteiger partial charge in [0.05, 0.1) is 0 Å². The van der Waals surface area contributed by atoms with Crippen LogP contribution in [-0.4, -0.2) is 16.1 Å². The van der Waals surface area contributed by atoms with Crippen molar-refractivity contribution >= 4 is 5.97 Å². The van der Waals surface area contributed by atoms with Crippen molar-refractivity contribution in [3.05, 3.63) is 17.3 Å². The van der Waals surface area contributed by atoms with Crippen molar-refractivity contribution in [2.24, 2.45) is 0 Å². The monoisotopic (exact) mass is 223 g/mol. The number of aromatic carboxylic acids is 1. The normalized spacial score (nSPS) is 12.1. The molecule has 1 rings (SSSR count). The minimum atomic E-state index is -4.70. The van der Waals surface area contributed by atoms with Crippen LogP contribution in [0.25, 0.3) is 0 Å². The molecule has 15 heavy (non-hydrogen) atoms. The Morgan fingerprint density at radius 3 is 2.27 bits per heavy atom. The predicted octanol–water partition coefficient (Wildman–Crippen LogP) is 2.52. The molecular weight excluding hydrogens is 215 g/mol. The zero-order valence-corrected chi connectivity index (χ0v) is 7.92. The molecule has 84 valence electrons. The third-order valence-electron chi connectivity index (χ3n) is 1.63. The van der Waals surface area contributed by atoms with Gasteiger partial charge in [0.2, 0.25) is 0 Å². The van der Waals surface area contributed by atoms with E-state index in [-0.39, 0.29) is 0 Å². The van der Waals surface area contributed by atoms with Crippen LogP contribution in [0.3, 0.4) is 0 Å². The molecule has 0 radical (unpaired) electrons. The average molecular weight is 223 g/mol. The number of hydrogen-bond donors (Lipinski definition) is 1. The molecule has 1 N–H and O–H groups in total. The first-order valence-corrected chi connectivity index (χ1v) is 4.04. The van der Waals surface area contributed by atoms with Crippen LogP contribution in [0.2, 0.25) is 0 Å². The van der Waals surface area contributed by atoms with E-state index in [0.29, 0.717) is 0 Å². The van der Waals surface area contributed by atoms with Gasteiger partial charge in [-0.1, -0.05) is 13.8 Å². The smallest absolute Gasteiger partial charge is 0.436 e. The summed E-state index contributed by atoms with van der Waals surface area (Å²) in [6.07, 6.45) is -4.70. The highest BCUT2D eigenvalue weighted by Gasteiger charge is 2.40. The van der Waals surface area contributed by atoms with Gasteiger partial charge in [0.1, 0.15) is 5.76 Å². The van der Waals surface area contributed by atoms with Gasteiger partial charge in [0.25, 0.3) is 0 Å². The Hall–Kier alpha value is -1.53. The quantitative estimate of drug-likeness (QED) is 0.836. The molecule has 1 heterocycles. The third-order valence-corrected chi connectivity index (χ3v) is 1.63. The standard InChI is InChI=1S/C8H8F3NO3/c1-3(2)4-5(8(9,10)11)12-6(15-4)7(13)14/h3H,1-2H3,(H,13,14). The fourth-order valence-corrected chi connectivity index (χ4v) is 1.02. The van der Waals surface area contributed by atoms with Crippen LogP contribution in [-0.2, 0) is 6.18 Å². The third kappa shape index (κ3) is 2.28. The molecule has 0 unspecified atom stereocenters. The molecule has 0 saturated carbocycles. The molecule has 0 aliphatic heterocycles. The van der Waals surface area contributed by atoms with Gasteiger partial charge in [0.15, 0.2) is 5.69 Å². The molecule has 1 aromatic rings. The van der Waals surface area contributed by atoms with Gasteiger partial charge in [-0.3, -0.25) is 0 Å². The number of hydrogen-bond acceptors (Lipinski definition) is 3. The van der Waals surface area contributed by atoms with E-state index in [1.165, 1.54) is 13.8 Å². The molecular formula is C8H8F3NO3. The predicted molar refractivity (Wildman–Crippen MR) is 42.6 cm³/mol.